The molecule has 0 fully saturated rings. The maximum Gasteiger partial charge on any atom is 0.272 e. The highest BCUT2D eigenvalue weighted by Crippen LogP contribution is 2.28. The van der Waals surface area contributed by atoms with Crippen LogP contribution in [0, 0.1) is 0 Å². The Morgan fingerprint density at radius 1 is 1.11 bits per heavy atom. The molecule has 3 aromatic rings. The normalized spacial score (nSPS) is 11.8. The molecule has 0 radical (unpaired) electrons. The van der Waals surface area contributed by atoms with Gasteiger partial charge in [-0.25, -0.2) is 5.10 Å². The molecule has 1 atom stereocenters. The zero-order valence-electron chi connectivity index (χ0n) is 15.4. The lowest BCUT2D eigenvalue weighted by molar-refractivity contribution is 0.0936. The highest BCUT2D eigenvalue weighted by molar-refractivity contribution is 6.04. The van der Waals surface area contributed by atoms with Crippen LogP contribution in [0.1, 0.15) is 23.0 Å². The molecule has 2 aromatic carbocycles. The third-order valence-electron chi connectivity index (χ3n) is 4.28. The highest BCUT2D eigenvalue weighted by atomic mass is 16.5. The largest absolute Gasteiger partial charge is 0.493 e. The number of fused-ring (bicyclic) bond motifs is 1. The van der Waals surface area contributed by atoms with E-state index in [1.54, 1.807) is 38.5 Å². The second kappa shape index (κ2) is 7.90. The van der Waals surface area contributed by atoms with Crippen LogP contribution in [0.2, 0.25) is 0 Å². The Bertz CT molecular complexity index is 1030. The summed E-state index contributed by atoms with van der Waals surface area (Å²) in [6.45, 7) is 1.91. The van der Waals surface area contributed by atoms with Gasteiger partial charge in [0.05, 0.1) is 19.6 Å². The average Bonchev–Trinajstić information content (AvgIpc) is 2.68. The van der Waals surface area contributed by atoms with Crippen LogP contribution in [0.4, 0.5) is 0 Å². The van der Waals surface area contributed by atoms with E-state index in [2.05, 4.69) is 15.5 Å². The number of methoxy groups -OCH3 is 2. The number of nitrogens with zero attached hydrogens (tertiary/aromatic N) is 1. The van der Waals surface area contributed by atoms with E-state index in [1.807, 2.05) is 25.1 Å². The summed E-state index contributed by atoms with van der Waals surface area (Å²) < 4.78 is 10.5. The van der Waals surface area contributed by atoms with Crippen molar-refractivity contribution in [2.24, 2.45) is 0 Å². The van der Waals surface area contributed by atoms with E-state index < -0.39 is 0 Å². The minimum Gasteiger partial charge on any atom is -0.493 e. The third kappa shape index (κ3) is 3.92. The molecular formula is C20H21N3O4. The Hall–Kier alpha value is -3.35. The second-order valence-electron chi connectivity index (χ2n) is 6.21. The molecule has 0 saturated carbocycles. The van der Waals surface area contributed by atoms with Crippen LogP contribution in [0.3, 0.4) is 0 Å². The van der Waals surface area contributed by atoms with Gasteiger partial charge in [-0.3, -0.25) is 9.59 Å². The molecule has 0 aliphatic carbocycles. The van der Waals surface area contributed by atoms with Gasteiger partial charge in [-0.2, -0.15) is 5.10 Å². The van der Waals surface area contributed by atoms with E-state index in [0.29, 0.717) is 28.7 Å². The van der Waals surface area contributed by atoms with Crippen molar-refractivity contribution in [3.05, 3.63) is 64.1 Å². The number of carbonyl (C=O) groups is 1. The van der Waals surface area contributed by atoms with Crippen LogP contribution in [-0.2, 0) is 6.42 Å². The van der Waals surface area contributed by atoms with Gasteiger partial charge in [0.15, 0.2) is 17.2 Å². The number of H-pyrrole nitrogens is 1. The Morgan fingerprint density at radius 3 is 2.52 bits per heavy atom. The minimum absolute atomic E-state index is 0.150. The molecule has 1 aromatic heterocycles. The van der Waals surface area contributed by atoms with Crippen molar-refractivity contribution in [1.29, 1.82) is 0 Å². The Balaban J connectivity index is 1.77. The van der Waals surface area contributed by atoms with Crippen LogP contribution in [0.25, 0.3) is 10.8 Å². The summed E-state index contributed by atoms with van der Waals surface area (Å²) in [6, 6.07) is 12.4. The highest BCUT2D eigenvalue weighted by Gasteiger charge is 2.16. The Labute approximate surface area is 156 Å². The first-order valence-electron chi connectivity index (χ1n) is 8.52. The lowest BCUT2D eigenvalue weighted by Crippen LogP contribution is -2.35. The standard InChI is InChI=1S/C20H21N3O4/c1-12(10-13-8-9-16(26-2)17(11-13)27-3)21-20(25)18-14-6-4-5-7-15(14)19(24)23-22-18/h4-9,11-12H,10H2,1-3H3,(H,21,25)(H,23,24). The Morgan fingerprint density at radius 2 is 1.81 bits per heavy atom. The van der Waals surface area contributed by atoms with Gasteiger partial charge < -0.3 is 14.8 Å². The summed E-state index contributed by atoms with van der Waals surface area (Å²) in [6.07, 6.45) is 0.605. The number of benzene rings is 2. The number of nitrogens with one attached hydrogen (secondary N) is 2. The maximum atomic E-state index is 12.7. The number of amides is 1. The van der Waals surface area contributed by atoms with Crippen molar-refractivity contribution < 1.29 is 14.3 Å². The quantitative estimate of drug-likeness (QED) is 0.697. The SMILES string of the molecule is COc1ccc(CC(C)NC(=O)c2n[nH]c(=O)c3ccccc23)cc1OC. The van der Waals surface area contributed by atoms with Crippen molar-refractivity contribution in [2.75, 3.05) is 14.2 Å². The zero-order valence-corrected chi connectivity index (χ0v) is 15.4. The molecule has 1 amide bonds. The summed E-state index contributed by atoms with van der Waals surface area (Å²) in [5, 5.41) is 10.2. The van der Waals surface area contributed by atoms with E-state index in [9.17, 15) is 9.59 Å². The molecule has 3 rings (SSSR count). The van der Waals surface area contributed by atoms with Crippen LogP contribution >= 0.6 is 0 Å². The number of ether oxygens (including phenoxy) is 2. The van der Waals surface area contributed by atoms with Gasteiger partial charge in [-0.15, -0.1) is 0 Å². The molecule has 140 valence electrons. The van der Waals surface area contributed by atoms with Crippen LogP contribution < -0.4 is 20.3 Å². The van der Waals surface area contributed by atoms with Gasteiger partial charge in [0.2, 0.25) is 0 Å². The molecule has 0 aliphatic rings. The van der Waals surface area contributed by atoms with Gasteiger partial charge in [0.25, 0.3) is 11.5 Å². The summed E-state index contributed by atoms with van der Waals surface area (Å²) in [7, 11) is 3.17. The fourth-order valence-electron chi connectivity index (χ4n) is 2.99. The lowest BCUT2D eigenvalue weighted by atomic mass is 10.1. The monoisotopic (exact) mass is 367 g/mol. The first-order chi connectivity index (χ1) is 13.0. The van der Waals surface area contributed by atoms with Crippen molar-refractivity contribution in [3.8, 4) is 11.5 Å². The molecule has 2 N–H and O–H groups in total. The molecule has 0 bridgehead atoms. The van der Waals surface area contributed by atoms with E-state index in [1.165, 1.54) is 0 Å². The number of hydrogen-bond acceptors (Lipinski definition) is 5. The van der Waals surface area contributed by atoms with Crippen molar-refractivity contribution >= 4 is 16.7 Å². The summed E-state index contributed by atoms with van der Waals surface area (Å²) in [4.78, 5) is 24.5. The molecule has 0 aliphatic heterocycles. The number of aromatic amines is 1. The molecule has 1 heterocycles. The van der Waals surface area contributed by atoms with Crippen molar-refractivity contribution in [1.82, 2.24) is 15.5 Å². The van der Waals surface area contributed by atoms with Gasteiger partial charge >= 0.3 is 0 Å². The lowest BCUT2D eigenvalue weighted by Gasteiger charge is -2.15. The average molecular weight is 367 g/mol. The predicted octanol–water partition coefficient (Wildman–Crippen LogP) is 2.30. The van der Waals surface area contributed by atoms with E-state index in [-0.39, 0.29) is 23.2 Å². The summed E-state index contributed by atoms with van der Waals surface area (Å²) in [5.41, 5.74) is 0.879. The smallest absolute Gasteiger partial charge is 0.272 e. The van der Waals surface area contributed by atoms with Gasteiger partial charge in [0.1, 0.15) is 0 Å². The predicted molar refractivity (Wildman–Crippen MR) is 103 cm³/mol. The molecular weight excluding hydrogens is 346 g/mol. The second-order valence-corrected chi connectivity index (χ2v) is 6.21. The number of rotatable bonds is 6. The van der Waals surface area contributed by atoms with Gasteiger partial charge in [-0.05, 0) is 37.1 Å². The third-order valence-corrected chi connectivity index (χ3v) is 4.28. The van der Waals surface area contributed by atoms with Crippen LogP contribution in [0.15, 0.2) is 47.3 Å². The van der Waals surface area contributed by atoms with Crippen LogP contribution in [0.5, 0.6) is 11.5 Å². The van der Waals surface area contributed by atoms with Crippen molar-refractivity contribution in [3.63, 3.8) is 0 Å². The van der Waals surface area contributed by atoms with E-state index in [0.717, 1.165) is 5.56 Å². The first-order valence-corrected chi connectivity index (χ1v) is 8.52. The maximum absolute atomic E-state index is 12.7. The number of hydrogen-bond donors (Lipinski definition) is 2. The molecule has 0 spiro atoms. The fourth-order valence-corrected chi connectivity index (χ4v) is 2.99. The fraction of sp³-hybridized carbons (Fsp3) is 0.250. The number of carbonyl (C=O) groups excluding carboxylic acids is 1. The van der Waals surface area contributed by atoms with Crippen LogP contribution in [-0.4, -0.2) is 36.4 Å². The Kier molecular flexibility index (Phi) is 5.40. The summed E-state index contributed by atoms with van der Waals surface area (Å²) >= 11 is 0. The van der Waals surface area contributed by atoms with E-state index in [4.69, 9.17) is 9.47 Å². The minimum atomic E-state index is -0.338. The van der Waals surface area contributed by atoms with Crippen molar-refractivity contribution in [2.45, 2.75) is 19.4 Å². The topological polar surface area (TPSA) is 93.3 Å². The number of aromatic nitrogens is 2. The molecule has 7 heteroatoms. The van der Waals surface area contributed by atoms with E-state index >= 15 is 0 Å². The molecule has 1 unspecified atom stereocenters. The zero-order chi connectivity index (χ0) is 19.4. The first kappa shape index (κ1) is 18.4. The van der Waals surface area contributed by atoms with Gasteiger partial charge in [-0.1, -0.05) is 24.3 Å². The van der Waals surface area contributed by atoms with Gasteiger partial charge in [0, 0.05) is 11.4 Å². The molecule has 0 saturated heterocycles. The molecule has 27 heavy (non-hydrogen) atoms. The molecule has 7 nitrogen and oxygen atoms in total. The summed E-state index contributed by atoms with van der Waals surface area (Å²) in [5.74, 6) is 0.957.